The number of carbonyl (C=O) groups is 1. The van der Waals surface area contributed by atoms with Gasteiger partial charge in [0.2, 0.25) is 0 Å². The fourth-order valence-electron chi connectivity index (χ4n) is 2.71. The lowest BCUT2D eigenvalue weighted by Crippen LogP contribution is -2.32. The predicted molar refractivity (Wildman–Crippen MR) is 108 cm³/mol. The van der Waals surface area contributed by atoms with Gasteiger partial charge in [0.1, 0.15) is 24.1 Å². The highest BCUT2D eigenvalue weighted by molar-refractivity contribution is 6.04. The van der Waals surface area contributed by atoms with Crippen molar-refractivity contribution in [2.24, 2.45) is 0 Å². The molecular weight excluding hydrogens is 430 g/mol. The van der Waals surface area contributed by atoms with Crippen molar-refractivity contribution in [3.63, 3.8) is 0 Å². The first-order chi connectivity index (χ1) is 15.2. The second kappa shape index (κ2) is 9.49. The van der Waals surface area contributed by atoms with E-state index in [1.165, 1.54) is 29.1 Å². The van der Waals surface area contributed by atoms with Crippen LogP contribution in [-0.4, -0.2) is 34.6 Å². The molecule has 2 aromatic carbocycles. The lowest BCUT2D eigenvalue weighted by atomic mass is 10.1. The van der Waals surface area contributed by atoms with Crippen LogP contribution in [0.2, 0.25) is 0 Å². The van der Waals surface area contributed by atoms with Crippen LogP contribution in [0.3, 0.4) is 0 Å². The SMILES string of the molecule is N#Cc1cnn(-c2ccc(C(=O)Nc3cccc(COCC(F)(F)C(F)F)c3)cc2)c1N. The Bertz CT molecular complexity index is 1140. The molecule has 0 saturated heterocycles. The van der Waals surface area contributed by atoms with E-state index in [4.69, 9.17) is 11.0 Å². The van der Waals surface area contributed by atoms with Crippen molar-refractivity contribution >= 4 is 17.4 Å². The van der Waals surface area contributed by atoms with Crippen molar-refractivity contribution in [2.75, 3.05) is 17.7 Å². The van der Waals surface area contributed by atoms with Crippen LogP contribution in [0.15, 0.2) is 54.7 Å². The standard InChI is InChI=1S/C21H17F4N5O2/c22-20(23)21(24,25)12-32-11-13-2-1-3-16(8-13)29-19(31)14-4-6-17(7-5-14)30-18(27)15(9-26)10-28-30/h1-8,10,20H,11-12,27H2,(H,29,31). The van der Waals surface area contributed by atoms with E-state index in [9.17, 15) is 22.4 Å². The number of alkyl halides is 4. The first-order valence-corrected chi connectivity index (χ1v) is 9.19. The highest BCUT2D eigenvalue weighted by Crippen LogP contribution is 2.24. The van der Waals surface area contributed by atoms with E-state index in [0.717, 1.165) is 0 Å². The lowest BCUT2D eigenvalue weighted by Gasteiger charge is -2.15. The number of ether oxygens (including phenoxy) is 1. The number of aromatic nitrogens is 2. The number of nitriles is 1. The third-order valence-electron chi connectivity index (χ3n) is 4.37. The molecule has 0 bridgehead atoms. The largest absolute Gasteiger partial charge is 0.382 e. The van der Waals surface area contributed by atoms with Gasteiger partial charge in [-0.25, -0.2) is 13.5 Å². The number of carbonyl (C=O) groups excluding carboxylic acids is 1. The van der Waals surface area contributed by atoms with Gasteiger partial charge >= 0.3 is 12.3 Å². The molecule has 11 heteroatoms. The average Bonchev–Trinajstić information content (AvgIpc) is 3.14. The van der Waals surface area contributed by atoms with Gasteiger partial charge in [-0.2, -0.15) is 19.1 Å². The Labute approximate surface area is 180 Å². The molecule has 1 aromatic heterocycles. The van der Waals surface area contributed by atoms with Crippen molar-refractivity contribution < 1.29 is 27.1 Å². The van der Waals surface area contributed by atoms with Crippen molar-refractivity contribution in [1.29, 1.82) is 5.26 Å². The molecule has 3 aromatic rings. The molecule has 0 aliphatic heterocycles. The van der Waals surface area contributed by atoms with Gasteiger partial charge in [-0.05, 0) is 42.0 Å². The quantitative estimate of drug-likeness (QED) is 0.508. The summed E-state index contributed by atoms with van der Waals surface area (Å²) >= 11 is 0. The zero-order valence-electron chi connectivity index (χ0n) is 16.4. The summed E-state index contributed by atoms with van der Waals surface area (Å²) in [6.45, 7) is -1.74. The van der Waals surface area contributed by atoms with Crippen molar-refractivity contribution in [3.05, 3.63) is 71.4 Å². The Morgan fingerprint density at radius 2 is 1.97 bits per heavy atom. The monoisotopic (exact) mass is 447 g/mol. The van der Waals surface area contributed by atoms with E-state index in [1.54, 1.807) is 30.3 Å². The van der Waals surface area contributed by atoms with E-state index in [-0.39, 0.29) is 18.0 Å². The van der Waals surface area contributed by atoms with E-state index < -0.39 is 24.9 Å². The summed E-state index contributed by atoms with van der Waals surface area (Å²) in [5.74, 6) is -4.49. The van der Waals surface area contributed by atoms with E-state index in [1.807, 2.05) is 6.07 Å². The summed E-state index contributed by atoms with van der Waals surface area (Å²) in [5, 5.41) is 15.6. The van der Waals surface area contributed by atoms with Crippen molar-refractivity contribution in [3.8, 4) is 11.8 Å². The Hall–Kier alpha value is -3.91. The summed E-state index contributed by atoms with van der Waals surface area (Å²) in [4.78, 5) is 12.5. The number of amides is 1. The minimum Gasteiger partial charge on any atom is -0.382 e. The molecule has 166 valence electrons. The van der Waals surface area contributed by atoms with Crippen LogP contribution < -0.4 is 11.1 Å². The Kier molecular flexibility index (Phi) is 6.75. The number of nitrogens with one attached hydrogen (secondary N) is 1. The van der Waals surface area contributed by atoms with Crippen LogP contribution in [0.4, 0.5) is 29.1 Å². The van der Waals surface area contributed by atoms with Crippen LogP contribution >= 0.6 is 0 Å². The van der Waals surface area contributed by atoms with Crippen LogP contribution in [-0.2, 0) is 11.3 Å². The summed E-state index contributed by atoms with van der Waals surface area (Å²) in [5.41, 5.74) is 7.74. The first kappa shape index (κ1) is 22.8. The molecule has 0 fully saturated rings. The van der Waals surface area contributed by atoms with Crippen LogP contribution in [0.5, 0.6) is 0 Å². The van der Waals surface area contributed by atoms with Crippen LogP contribution in [0.25, 0.3) is 5.69 Å². The zero-order valence-corrected chi connectivity index (χ0v) is 16.4. The molecule has 0 saturated carbocycles. The number of rotatable bonds is 8. The molecule has 7 nitrogen and oxygen atoms in total. The molecule has 3 rings (SSSR count). The second-order valence-electron chi connectivity index (χ2n) is 6.72. The highest BCUT2D eigenvalue weighted by Gasteiger charge is 2.40. The fourth-order valence-corrected chi connectivity index (χ4v) is 2.71. The number of nitrogens with two attached hydrogens (primary N) is 1. The van der Waals surface area contributed by atoms with E-state index in [2.05, 4.69) is 15.2 Å². The van der Waals surface area contributed by atoms with Gasteiger partial charge in [-0.3, -0.25) is 4.79 Å². The van der Waals surface area contributed by atoms with Gasteiger partial charge in [0.05, 0.1) is 18.5 Å². The highest BCUT2D eigenvalue weighted by atomic mass is 19.3. The maximum absolute atomic E-state index is 12.9. The number of halogens is 4. The average molecular weight is 447 g/mol. The third kappa shape index (κ3) is 5.22. The van der Waals surface area contributed by atoms with Gasteiger partial charge in [-0.15, -0.1) is 0 Å². The minimum absolute atomic E-state index is 0.176. The Balaban J connectivity index is 1.63. The predicted octanol–water partition coefficient (Wildman–Crippen LogP) is 4.00. The van der Waals surface area contributed by atoms with E-state index in [0.29, 0.717) is 22.5 Å². The molecule has 0 aliphatic carbocycles. The van der Waals surface area contributed by atoms with E-state index >= 15 is 0 Å². The smallest absolute Gasteiger partial charge is 0.330 e. The summed E-state index contributed by atoms with van der Waals surface area (Å²) in [7, 11) is 0. The number of hydrogen-bond donors (Lipinski definition) is 2. The second-order valence-corrected chi connectivity index (χ2v) is 6.72. The van der Waals surface area contributed by atoms with Crippen LogP contribution in [0.1, 0.15) is 21.5 Å². The number of benzene rings is 2. The van der Waals surface area contributed by atoms with Crippen LogP contribution in [0, 0.1) is 11.3 Å². The molecule has 1 heterocycles. The number of hydrogen-bond acceptors (Lipinski definition) is 5. The zero-order chi connectivity index (χ0) is 23.3. The minimum atomic E-state index is -4.23. The molecular formula is C21H17F4N5O2. The lowest BCUT2D eigenvalue weighted by molar-refractivity contribution is -0.168. The number of nitrogen functional groups attached to an aromatic ring is 1. The van der Waals surface area contributed by atoms with Gasteiger partial charge in [-0.1, -0.05) is 12.1 Å². The topological polar surface area (TPSA) is 106 Å². The normalized spacial score (nSPS) is 11.4. The van der Waals surface area contributed by atoms with Crippen molar-refractivity contribution in [1.82, 2.24) is 9.78 Å². The maximum Gasteiger partial charge on any atom is 0.330 e. The molecule has 0 aliphatic rings. The maximum atomic E-state index is 12.9. The summed E-state index contributed by atoms with van der Waals surface area (Å²) < 4.78 is 56.2. The van der Waals surface area contributed by atoms with Gasteiger partial charge < -0.3 is 15.8 Å². The van der Waals surface area contributed by atoms with Gasteiger partial charge in [0, 0.05) is 11.3 Å². The first-order valence-electron chi connectivity index (χ1n) is 9.19. The van der Waals surface area contributed by atoms with Crippen molar-refractivity contribution in [2.45, 2.75) is 19.0 Å². The molecule has 0 unspecified atom stereocenters. The molecule has 0 radical (unpaired) electrons. The molecule has 32 heavy (non-hydrogen) atoms. The molecule has 1 amide bonds. The number of nitrogens with zero attached hydrogens (tertiary/aromatic N) is 3. The van der Waals surface area contributed by atoms with Gasteiger partial charge in [0.15, 0.2) is 0 Å². The molecule has 0 spiro atoms. The fraction of sp³-hybridized carbons (Fsp3) is 0.190. The summed E-state index contributed by atoms with van der Waals surface area (Å²) in [6.07, 6.45) is -2.47. The van der Waals surface area contributed by atoms with Gasteiger partial charge in [0.25, 0.3) is 5.91 Å². The number of anilines is 2. The molecule has 3 N–H and O–H groups in total. The summed E-state index contributed by atoms with van der Waals surface area (Å²) in [6, 6.07) is 14.4. The third-order valence-corrected chi connectivity index (χ3v) is 4.37. The Morgan fingerprint density at radius 1 is 1.25 bits per heavy atom. The molecule has 0 atom stereocenters. The Morgan fingerprint density at radius 3 is 2.59 bits per heavy atom.